The van der Waals surface area contributed by atoms with Gasteiger partial charge in [0.05, 0.1) is 18.4 Å². The predicted octanol–water partition coefficient (Wildman–Crippen LogP) is 2.33. The maximum atomic E-state index is 12.8. The molecule has 1 N–H and O–H groups in total. The number of rotatable bonds is 4. The maximum Gasteiger partial charge on any atom is 0.573 e. The first-order chi connectivity index (χ1) is 8.80. The smallest absolute Gasteiger partial charge is 0.503 e. The molecule has 1 rings (SSSR count). The third kappa shape index (κ3) is 3.70. The molecule has 9 heteroatoms. The Hall–Kier alpha value is -2.06. The molecule has 0 aliphatic carbocycles. The van der Waals surface area contributed by atoms with Gasteiger partial charge in [0, 0.05) is 0 Å². The SMILES string of the molecule is CCOC(=O)c1ncc(O)c(OC(F)(F)F)c1CF. The monoisotopic (exact) mass is 283 g/mol. The number of ether oxygens (including phenoxy) is 2. The third-order valence-corrected chi connectivity index (χ3v) is 1.93. The first kappa shape index (κ1) is 15.0. The Labute approximate surface area is 104 Å². The molecular weight excluding hydrogens is 274 g/mol. The molecule has 0 aliphatic rings. The van der Waals surface area contributed by atoms with Crippen LogP contribution in [0.3, 0.4) is 0 Å². The second kappa shape index (κ2) is 5.72. The zero-order valence-electron chi connectivity index (χ0n) is 9.62. The fourth-order valence-corrected chi connectivity index (χ4v) is 1.25. The van der Waals surface area contributed by atoms with Crippen molar-refractivity contribution < 1.29 is 36.9 Å². The molecule has 0 saturated heterocycles. The van der Waals surface area contributed by atoms with E-state index < -0.39 is 41.8 Å². The van der Waals surface area contributed by atoms with Crippen LogP contribution in [-0.4, -0.2) is 29.0 Å². The molecule has 0 bridgehead atoms. The van der Waals surface area contributed by atoms with E-state index in [1.54, 1.807) is 0 Å². The van der Waals surface area contributed by atoms with Crippen LogP contribution in [0, 0.1) is 0 Å². The normalized spacial score (nSPS) is 11.2. The van der Waals surface area contributed by atoms with Crippen LogP contribution in [0.4, 0.5) is 17.6 Å². The van der Waals surface area contributed by atoms with Crippen LogP contribution in [0.5, 0.6) is 11.5 Å². The molecule has 0 aliphatic heterocycles. The van der Waals surface area contributed by atoms with Gasteiger partial charge in [-0.05, 0) is 6.92 Å². The molecule has 1 heterocycles. The third-order valence-electron chi connectivity index (χ3n) is 1.93. The summed E-state index contributed by atoms with van der Waals surface area (Å²) in [5, 5.41) is 9.22. The minimum Gasteiger partial charge on any atom is -0.503 e. The van der Waals surface area contributed by atoms with Gasteiger partial charge in [-0.1, -0.05) is 0 Å². The van der Waals surface area contributed by atoms with E-state index in [0.29, 0.717) is 6.20 Å². The second-order valence-corrected chi connectivity index (χ2v) is 3.20. The molecule has 0 amide bonds. The number of pyridine rings is 1. The highest BCUT2D eigenvalue weighted by atomic mass is 19.4. The summed E-state index contributed by atoms with van der Waals surface area (Å²) < 4.78 is 57.2. The van der Waals surface area contributed by atoms with E-state index in [0.717, 1.165) is 0 Å². The molecule has 0 saturated carbocycles. The van der Waals surface area contributed by atoms with Crippen molar-refractivity contribution in [3.05, 3.63) is 17.5 Å². The van der Waals surface area contributed by atoms with E-state index in [2.05, 4.69) is 14.5 Å². The first-order valence-corrected chi connectivity index (χ1v) is 4.99. The van der Waals surface area contributed by atoms with Crippen LogP contribution in [-0.2, 0) is 11.4 Å². The number of hydrogen-bond donors (Lipinski definition) is 1. The number of alkyl halides is 4. The summed E-state index contributed by atoms with van der Waals surface area (Å²) in [5.41, 5.74) is -1.50. The number of carbonyl (C=O) groups excluding carboxylic acids is 1. The number of hydrogen-bond acceptors (Lipinski definition) is 5. The molecule has 0 fully saturated rings. The number of esters is 1. The van der Waals surface area contributed by atoms with Gasteiger partial charge in [0.2, 0.25) is 0 Å². The number of aromatic nitrogens is 1. The van der Waals surface area contributed by atoms with Gasteiger partial charge in [-0.15, -0.1) is 13.2 Å². The molecule has 0 aromatic carbocycles. The van der Waals surface area contributed by atoms with Gasteiger partial charge in [0.25, 0.3) is 0 Å². The fraction of sp³-hybridized carbons (Fsp3) is 0.400. The van der Waals surface area contributed by atoms with Gasteiger partial charge in [0.1, 0.15) is 6.67 Å². The lowest BCUT2D eigenvalue weighted by atomic mass is 10.2. The second-order valence-electron chi connectivity index (χ2n) is 3.20. The summed E-state index contributed by atoms with van der Waals surface area (Å²) >= 11 is 0. The topological polar surface area (TPSA) is 68.7 Å². The van der Waals surface area contributed by atoms with E-state index in [1.165, 1.54) is 6.92 Å². The Morgan fingerprint density at radius 1 is 1.47 bits per heavy atom. The fourth-order valence-electron chi connectivity index (χ4n) is 1.25. The lowest BCUT2D eigenvalue weighted by molar-refractivity contribution is -0.275. The van der Waals surface area contributed by atoms with E-state index >= 15 is 0 Å². The largest absolute Gasteiger partial charge is 0.573 e. The lowest BCUT2D eigenvalue weighted by Gasteiger charge is -2.14. The van der Waals surface area contributed by atoms with E-state index in [4.69, 9.17) is 0 Å². The van der Waals surface area contributed by atoms with Gasteiger partial charge >= 0.3 is 12.3 Å². The molecule has 106 valence electrons. The summed E-state index contributed by atoms with van der Waals surface area (Å²) in [6.07, 6.45) is -4.60. The molecule has 0 radical (unpaired) electrons. The van der Waals surface area contributed by atoms with E-state index in [1.807, 2.05) is 0 Å². The average Bonchev–Trinajstić information content (AvgIpc) is 2.30. The average molecular weight is 283 g/mol. The Morgan fingerprint density at radius 3 is 2.58 bits per heavy atom. The minimum absolute atomic E-state index is 0.0669. The van der Waals surface area contributed by atoms with Crippen molar-refractivity contribution in [3.63, 3.8) is 0 Å². The quantitative estimate of drug-likeness (QED) is 0.678. The number of nitrogens with zero attached hydrogens (tertiary/aromatic N) is 1. The molecule has 1 aromatic rings. The molecule has 0 spiro atoms. The van der Waals surface area contributed by atoms with Crippen molar-refractivity contribution in [2.75, 3.05) is 6.61 Å². The molecule has 5 nitrogen and oxygen atoms in total. The number of carbonyl (C=O) groups is 1. The van der Waals surface area contributed by atoms with Gasteiger partial charge in [-0.3, -0.25) is 0 Å². The highest BCUT2D eigenvalue weighted by molar-refractivity contribution is 5.90. The lowest BCUT2D eigenvalue weighted by Crippen LogP contribution is -2.20. The van der Waals surface area contributed by atoms with Crippen LogP contribution < -0.4 is 4.74 Å². The summed E-state index contributed by atoms with van der Waals surface area (Å²) in [5.74, 6) is -3.34. The van der Waals surface area contributed by atoms with Crippen LogP contribution in [0.15, 0.2) is 6.20 Å². The minimum atomic E-state index is -5.14. The van der Waals surface area contributed by atoms with Crippen molar-refractivity contribution in [1.82, 2.24) is 4.98 Å². The molecule has 1 aromatic heterocycles. The zero-order chi connectivity index (χ0) is 14.6. The van der Waals surface area contributed by atoms with Crippen LogP contribution >= 0.6 is 0 Å². The molecule has 0 unspecified atom stereocenters. The Morgan fingerprint density at radius 2 is 2.11 bits per heavy atom. The summed E-state index contributed by atoms with van der Waals surface area (Å²) in [7, 11) is 0. The highest BCUT2D eigenvalue weighted by Crippen LogP contribution is 2.36. The van der Waals surface area contributed by atoms with Crippen molar-refractivity contribution in [2.24, 2.45) is 0 Å². The van der Waals surface area contributed by atoms with Crippen molar-refractivity contribution in [2.45, 2.75) is 20.0 Å². The number of halogens is 4. The maximum absolute atomic E-state index is 12.8. The van der Waals surface area contributed by atoms with E-state index in [-0.39, 0.29) is 6.61 Å². The van der Waals surface area contributed by atoms with Crippen LogP contribution in [0.2, 0.25) is 0 Å². The Balaban J connectivity index is 3.29. The molecular formula is C10H9F4NO4. The summed E-state index contributed by atoms with van der Waals surface area (Å²) in [6, 6.07) is 0. The summed E-state index contributed by atoms with van der Waals surface area (Å²) in [6.45, 7) is -0.0932. The molecule has 19 heavy (non-hydrogen) atoms. The van der Waals surface area contributed by atoms with Crippen LogP contribution in [0.25, 0.3) is 0 Å². The predicted molar refractivity (Wildman–Crippen MR) is 53.4 cm³/mol. The van der Waals surface area contributed by atoms with Gasteiger partial charge in [-0.25, -0.2) is 14.2 Å². The van der Waals surface area contributed by atoms with Gasteiger partial charge < -0.3 is 14.6 Å². The van der Waals surface area contributed by atoms with Crippen molar-refractivity contribution in [3.8, 4) is 11.5 Å². The first-order valence-electron chi connectivity index (χ1n) is 4.99. The van der Waals surface area contributed by atoms with Gasteiger partial charge in [0.15, 0.2) is 17.2 Å². The summed E-state index contributed by atoms with van der Waals surface area (Å²) in [4.78, 5) is 14.7. The van der Waals surface area contributed by atoms with Gasteiger partial charge in [-0.2, -0.15) is 0 Å². The van der Waals surface area contributed by atoms with Crippen molar-refractivity contribution in [1.29, 1.82) is 0 Å². The number of aromatic hydroxyl groups is 1. The Kier molecular flexibility index (Phi) is 4.52. The van der Waals surface area contributed by atoms with E-state index in [9.17, 15) is 27.5 Å². The molecule has 0 atom stereocenters. The zero-order valence-corrected chi connectivity index (χ0v) is 9.62. The van der Waals surface area contributed by atoms with Crippen molar-refractivity contribution >= 4 is 5.97 Å². The standard InChI is InChI=1S/C10H9F4NO4/c1-2-18-9(17)7-5(3-11)8(6(16)4-15-7)19-10(12,13)14/h4,16H,2-3H2,1H3. The highest BCUT2D eigenvalue weighted by Gasteiger charge is 2.35. The Bertz CT molecular complexity index is 475. The van der Waals surface area contributed by atoms with Crippen LogP contribution in [0.1, 0.15) is 23.0 Å².